The number of hydrazine groups is 1. The lowest BCUT2D eigenvalue weighted by Crippen LogP contribution is -2.43. The molecule has 8 heteroatoms. The van der Waals surface area contributed by atoms with E-state index in [4.69, 9.17) is 4.74 Å². The molecule has 0 saturated heterocycles. The molecule has 0 radical (unpaired) electrons. The molecular weight excluding hydrogens is 373 g/mol. The van der Waals surface area contributed by atoms with E-state index in [1.807, 2.05) is 19.9 Å². The van der Waals surface area contributed by atoms with Crippen molar-refractivity contribution in [1.82, 2.24) is 10.9 Å². The fourth-order valence-electron chi connectivity index (χ4n) is 2.36. The SMILES string of the molecule is Cc1cc(C)cc(OCC(=O)NNC(=O)/C=C/c2cccc(C(F)(F)F)c2)c1. The van der Waals surface area contributed by atoms with Gasteiger partial charge >= 0.3 is 6.18 Å². The Balaban J connectivity index is 1.81. The molecule has 0 atom stereocenters. The smallest absolute Gasteiger partial charge is 0.416 e. The second kappa shape index (κ2) is 9.07. The second-order valence-corrected chi connectivity index (χ2v) is 6.11. The fourth-order valence-corrected chi connectivity index (χ4v) is 2.36. The van der Waals surface area contributed by atoms with Crippen LogP contribution in [0.3, 0.4) is 0 Å². The molecule has 0 heterocycles. The minimum atomic E-state index is -4.46. The Morgan fingerprint density at radius 2 is 1.71 bits per heavy atom. The number of carbonyl (C=O) groups excluding carboxylic acids is 2. The van der Waals surface area contributed by atoms with Gasteiger partial charge in [-0.05, 0) is 60.9 Å². The maximum atomic E-state index is 12.7. The topological polar surface area (TPSA) is 67.4 Å². The summed E-state index contributed by atoms with van der Waals surface area (Å²) in [5.41, 5.74) is 5.66. The van der Waals surface area contributed by atoms with Crippen LogP contribution in [0.2, 0.25) is 0 Å². The van der Waals surface area contributed by atoms with Crippen LogP contribution in [-0.4, -0.2) is 18.4 Å². The number of benzene rings is 2. The van der Waals surface area contributed by atoms with Crippen LogP contribution < -0.4 is 15.6 Å². The highest BCUT2D eigenvalue weighted by Gasteiger charge is 2.30. The third-order valence-corrected chi connectivity index (χ3v) is 3.53. The van der Waals surface area contributed by atoms with Gasteiger partial charge in [0.05, 0.1) is 5.56 Å². The summed E-state index contributed by atoms with van der Waals surface area (Å²) in [6.07, 6.45) is -2.24. The minimum Gasteiger partial charge on any atom is -0.484 e. The predicted octanol–water partition coefficient (Wildman–Crippen LogP) is 3.56. The lowest BCUT2D eigenvalue weighted by atomic mass is 10.1. The highest BCUT2D eigenvalue weighted by molar-refractivity contribution is 5.93. The lowest BCUT2D eigenvalue weighted by molar-refractivity contribution is -0.137. The summed E-state index contributed by atoms with van der Waals surface area (Å²) in [5.74, 6) is -0.749. The normalized spacial score (nSPS) is 11.3. The molecule has 0 unspecified atom stereocenters. The van der Waals surface area contributed by atoms with Crippen LogP contribution in [0.15, 0.2) is 48.5 Å². The van der Waals surface area contributed by atoms with Gasteiger partial charge in [-0.1, -0.05) is 18.2 Å². The zero-order valence-corrected chi connectivity index (χ0v) is 15.3. The number of carbonyl (C=O) groups is 2. The number of halogens is 3. The Labute approximate surface area is 160 Å². The number of hydrogen-bond acceptors (Lipinski definition) is 3. The first-order valence-corrected chi connectivity index (χ1v) is 8.29. The molecule has 0 spiro atoms. The van der Waals surface area contributed by atoms with Gasteiger partial charge in [0.1, 0.15) is 5.75 Å². The Morgan fingerprint density at radius 1 is 1.04 bits per heavy atom. The average molecular weight is 392 g/mol. The first-order chi connectivity index (χ1) is 13.1. The second-order valence-electron chi connectivity index (χ2n) is 6.11. The number of ether oxygens (including phenoxy) is 1. The van der Waals surface area contributed by atoms with Crippen molar-refractivity contribution in [2.24, 2.45) is 0 Å². The molecule has 5 nitrogen and oxygen atoms in total. The molecule has 28 heavy (non-hydrogen) atoms. The van der Waals surface area contributed by atoms with Crippen molar-refractivity contribution in [3.63, 3.8) is 0 Å². The Kier molecular flexibility index (Phi) is 6.81. The Morgan fingerprint density at radius 3 is 2.36 bits per heavy atom. The van der Waals surface area contributed by atoms with E-state index in [1.165, 1.54) is 18.2 Å². The van der Waals surface area contributed by atoms with Crippen LogP contribution in [0.4, 0.5) is 13.2 Å². The van der Waals surface area contributed by atoms with E-state index in [2.05, 4.69) is 10.9 Å². The summed E-state index contributed by atoms with van der Waals surface area (Å²) in [6.45, 7) is 3.49. The van der Waals surface area contributed by atoms with Gasteiger partial charge in [-0.25, -0.2) is 0 Å². The van der Waals surface area contributed by atoms with Crippen LogP contribution >= 0.6 is 0 Å². The highest BCUT2D eigenvalue weighted by atomic mass is 19.4. The van der Waals surface area contributed by atoms with Crippen molar-refractivity contribution in [1.29, 1.82) is 0 Å². The van der Waals surface area contributed by atoms with E-state index >= 15 is 0 Å². The van der Waals surface area contributed by atoms with Gasteiger partial charge in [0.2, 0.25) is 0 Å². The number of rotatable bonds is 5. The Bertz CT molecular complexity index is 872. The number of hydrogen-bond donors (Lipinski definition) is 2. The van der Waals surface area contributed by atoms with E-state index in [9.17, 15) is 22.8 Å². The fraction of sp³-hybridized carbons (Fsp3) is 0.200. The summed E-state index contributed by atoms with van der Waals surface area (Å²) < 4.78 is 43.3. The van der Waals surface area contributed by atoms with Crippen molar-refractivity contribution >= 4 is 17.9 Å². The summed E-state index contributed by atoms with van der Waals surface area (Å²) in [5, 5.41) is 0. The highest BCUT2D eigenvalue weighted by Crippen LogP contribution is 2.29. The number of alkyl halides is 3. The van der Waals surface area contributed by atoms with E-state index in [0.717, 1.165) is 29.3 Å². The summed E-state index contributed by atoms with van der Waals surface area (Å²) in [7, 11) is 0. The molecule has 2 amide bonds. The van der Waals surface area contributed by atoms with Crippen molar-refractivity contribution in [3.05, 3.63) is 70.8 Å². The summed E-state index contributed by atoms with van der Waals surface area (Å²) >= 11 is 0. The van der Waals surface area contributed by atoms with Gasteiger partial charge in [0, 0.05) is 6.08 Å². The maximum Gasteiger partial charge on any atom is 0.416 e. The molecule has 0 aliphatic carbocycles. The summed E-state index contributed by atoms with van der Waals surface area (Å²) in [4.78, 5) is 23.4. The zero-order valence-electron chi connectivity index (χ0n) is 15.3. The van der Waals surface area contributed by atoms with Gasteiger partial charge in [0.25, 0.3) is 11.8 Å². The number of amides is 2. The molecule has 148 valence electrons. The molecule has 2 N–H and O–H groups in total. The molecule has 2 aromatic rings. The third kappa shape index (κ3) is 6.79. The first kappa shape index (κ1) is 21.0. The number of nitrogens with one attached hydrogen (secondary N) is 2. The van der Waals surface area contributed by atoms with Crippen molar-refractivity contribution < 1.29 is 27.5 Å². The van der Waals surface area contributed by atoms with E-state index in [1.54, 1.807) is 12.1 Å². The minimum absolute atomic E-state index is 0.203. The molecule has 2 rings (SSSR count). The van der Waals surface area contributed by atoms with Gasteiger partial charge in [0.15, 0.2) is 6.61 Å². The van der Waals surface area contributed by atoms with Crippen LogP contribution in [0.5, 0.6) is 5.75 Å². The van der Waals surface area contributed by atoms with Gasteiger partial charge < -0.3 is 4.74 Å². The van der Waals surface area contributed by atoms with E-state index in [-0.39, 0.29) is 12.2 Å². The van der Waals surface area contributed by atoms with Crippen molar-refractivity contribution in [3.8, 4) is 5.75 Å². The van der Waals surface area contributed by atoms with Crippen LogP contribution in [0.25, 0.3) is 6.08 Å². The molecular formula is C20H19F3N2O3. The molecule has 0 fully saturated rings. The Hall–Kier alpha value is -3.29. The largest absolute Gasteiger partial charge is 0.484 e. The zero-order chi connectivity index (χ0) is 20.7. The maximum absolute atomic E-state index is 12.7. The standard InChI is InChI=1S/C20H19F3N2O3/c1-13-8-14(2)10-17(9-13)28-12-19(27)25-24-18(26)7-6-15-4-3-5-16(11-15)20(21,22)23/h3-11H,12H2,1-2H3,(H,24,26)(H,25,27)/b7-6+. The van der Waals surface area contributed by atoms with Crippen molar-refractivity contribution in [2.45, 2.75) is 20.0 Å². The quantitative estimate of drug-likeness (QED) is 0.604. The molecule has 2 aromatic carbocycles. The third-order valence-electron chi connectivity index (χ3n) is 3.53. The first-order valence-electron chi connectivity index (χ1n) is 8.29. The monoisotopic (exact) mass is 392 g/mol. The number of aryl methyl sites for hydroxylation is 2. The average Bonchev–Trinajstić information content (AvgIpc) is 2.62. The van der Waals surface area contributed by atoms with E-state index < -0.39 is 23.6 Å². The van der Waals surface area contributed by atoms with Gasteiger partial charge in [-0.3, -0.25) is 20.4 Å². The van der Waals surface area contributed by atoms with E-state index in [0.29, 0.717) is 5.75 Å². The summed E-state index contributed by atoms with van der Waals surface area (Å²) in [6, 6.07) is 10.0. The van der Waals surface area contributed by atoms with Crippen LogP contribution in [0.1, 0.15) is 22.3 Å². The van der Waals surface area contributed by atoms with Gasteiger partial charge in [-0.15, -0.1) is 0 Å². The predicted molar refractivity (Wildman–Crippen MR) is 98.2 cm³/mol. The van der Waals surface area contributed by atoms with Crippen LogP contribution in [0, 0.1) is 13.8 Å². The van der Waals surface area contributed by atoms with Crippen molar-refractivity contribution in [2.75, 3.05) is 6.61 Å². The molecule has 0 saturated carbocycles. The molecule has 0 bridgehead atoms. The van der Waals surface area contributed by atoms with Crippen LogP contribution in [-0.2, 0) is 15.8 Å². The van der Waals surface area contributed by atoms with Gasteiger partial charge in [-0.2, -0.15) is 13.2 Å². The molecule has 0 aliphatic rings. The lowest BCUT2D eigenvalue weighted by Gasteiger charge is -2.09. The molecule has 0 aromatic heterocycles. The molecule has 0 aliphatic heterocycles.